The number of carbonyl (C=O) groups is 3. The van der Waals surface area contributed by atoms with Gasteiger partial charge in [0.1, 0.15) is 5.00 Å². The maximum atomic E-state index is 12.4. The number of carbonyl (C=O) groups excluding carboxylic acids is 2. The highest BCUT2D eigenvalue weighted by Gasteiger charge is 2.31. The first kappa shape index (κ1) is 19.1. The van der Waals surface area contributed by atoms with Crippen LogP contribution in [-0.4, -0.2) is 35.7 Å². The third kappa shape index (κ3) is 4.67. The minimum absolute atomic E-state index is 0.00858. The third-order valence-corrected chi connectivity index (χ3v) is 4.88. The summed E-state index contributed by atoms with van der Waals surface area (Å²) in [4.78, 5) is 35.7. The Bertz CT molecular complexity index is 706. The summed E-state index contributed by atoms with van der Waals surface area (Å²) >= 11 is 1.25. The van der Waals surface area contributed by atoms with E-state index < -0.39 is 17.8 Å². The smallest absolute Gasteiger partial charge is 0.341 e. The molecule has 0 aromatic carbocycles. The number of amides is 1. The van der Waals surface area contributed by atoms with Crippen LogP contribution in [-0.2, 0) is 32.1 Å². The van der Waals surface area contributed by atoms with Gasteiger partial charge < -0.3 is 19.9 Å². The molecule has 0 unspecified atom stereocenters. The van der Waals surface area contributed by atoms with Crippen molar-refractivity contribution in [2.24, 2.45) is 5.92 Å². The van der Waals surface area contributed by atoms with E-state index in [1.54, 1.807) is 6.92 Å². The second-order valence-corrected chi connectivity index (χ2v) is 6.99. The lowest BCUT2D eigenvalue weighted by Crippen LogP contribution is -2.27. The Kier molecular flexibility index (Phi) is 6.33. The van der Waals surface area contributed by atoms with Gasteiger partial charge in [0, 0.05) is 23.5 Å². The quantitative estimate of drug-likeness (QED) is 0.592. The fourth-order valence-corrected chi connectivity index (χ4v) is 3.67. The zero-order chi connectivity index (χ0) is 18.6. The summed E-state index contributed by atoms with van der Waals surface area (Å²) < 4.78 is 10.9. The monoisotopic (exact) mass is 367 g/mol. The topological polar surface area (TPSA) is 102 Å². The highest BCUT2D eigenvalue weighted by atomic mass is 32.1. The van der Waals surface area contributed by atoms with Crippen molar-refractivity contribution in [1.29, 1.82) is 0 Å². The van der Waals surface area contributed by atoms with Gasteiger partial charge in [-0.15, -0.1) is 11.3 Å². The van der Waals surface area contributed by atoms with Crippen LogP contribution < -0.4 is 5.32 Å². The Morgan fingerprint density at radius 2 is 2.12 bits per heavy atom. The molecule has 1 atom stereocenters. The van der Waals surface area contributed by atoms with E-state index in [2.05, 4.69) is 5.32 Å². The van der Waals surface area contributed by atoms with Crippen molar-refractivity contribution in [1.82, 2.24) is 0 Å². The molecule has 0 radical (unpaired) electrons. The Labute approximate surface area is 149 Å². The number of fused-ring (bicyclic) bond motifs is 1. The molecule has 2 N–H and O–H groups in total. The second kappa shape index (κ2) is 8.26. The molecule has 1 aromatic rings. The van der Waals surface area contributed by atoms with E-state index in [0.29, 0.717) is 29.5 Å². The van der Waals surface area contributed by atoms with Crippen molar-refractivity contribution in [2.45, 2.75) is 39.9 Å². The van der Waals surface area contributed by atoms with E-state index in [9.17, 15) is 14.4 Å². The minimum Gasteiger partial charge on any atom is -0.478 e. The number of carboxylic acid groups (broad SMARTS) is 1. The van der Waals surface area contributed by atoms with E-state index in [4.69, 9.17) is 14.6 Å². The van der Waals surface area contributed by atoms with Gasteiger partial charge in [-0.2, -0.15) is 0 Å². The molecule has 0 fully saturated rings. The average Bonchev–Trinajstić information content (AvgIpc) is 2.89. The largest absolute Gasteiger partial charge is 0.478 e. The van der Waals surface area contributed by atoms with Crippen LogP contribution in [0.4, 0.5) is 5.00 Å². The van der Waals surface area contributed by atoms with Crippen LogP contribution in [0, 0.1) is 5.92 Å². The SMILES string of the molecule is CCOC(=O)c1c(NC(=O)/C=C/C(=O)O)sc2c1C[C@H](C(C)C)OC2. The molecule has 2 rings (SSSR count). The zero-order valence-electron chi connectivity index (χ0n) is 14.3. The lowest BCUT2D eigenvalue weighted by molar-refractivity contribution is -0.131. The molecule has 136 valence electrons. The van der Waals surface area contributed by atoms with Gasteiger partial charge in [0.05, 0.1) is 24.9 Å². The highest BCUT2D eigenvalue weighted by molar-refractivity contribution is 7.17. The number of aliphatic carboxylic acids is 1. The Hall–Kier alpha value is -2.19. The molecule has 1 aliphatic heterocycles. The molecule has 7 nitrogen and oxygen atoms in total. The van der Waals surface area contributed by atoms with E-state index in [1.165, 1.54) is 11.3 Å². The maximum Gasteiger partial charge on any atom is 0.341 e. The molecular formula is C17H21NO6S. The van der Waals surface area contributed by atoms with Gasteiger partial charge in [0.15, 0.2) is 0 Å². The van der Waals surface area contributed by atoms with Crippen molar-refractivity contribution in [3.63, 3.8) is 0 Å². The summed E-state index contributed by atoms with van der Waals surface area (Å²) in [6, 6.07) is 0. The number of rotatable bonds is 6. The van der Waals surface area contributed by atoms with Crippen LogP contribution in [0.2, 0.25) is 0 Å². The lowest BCUT2D eigenvalue weighted by Gasteiger charge is -2.26. The Balaban J connectivity index is 2.35. The molecule has 8 heteroatoms. The van der Waals surface area contributed by atoms with Gasteiger partial charge in [-0.05, 0) is 18.4 Å². The Morgan fingerprint density at radius 3 is 2.72 bits per heavy atom. The van der Waals surface area contributed by atoms with Crippen LogP contribution in [0.1, 0.15) is 41.6 Å². The standard InChI is InChI=1S/C17H21NO6S/c1-4-23-17(22)15-10-7-11(9(2)3)24-8-12(10)25-16(15)18-13(19)5-6-14(20)21/h5-6,9,11H,4,7-8H2,1-3H3,(H,18,19)(H,20,21)/b6-5+/t11-/m1/s1. The van der Waals surface area contributed by atoms with Gasteiger partial charge >= 0.3 is 11.9 Å². The first-order valence-electron chi connectivity index (χ1n) is 7.98. The van der Waals surface area contributed by atoms with Gasteiger partial charge in [-0.3, -0.25) is 4.79 Å². The van der Waals surface area contributed by atoms with Crippen LogP contribution >= 0.6 is 11.3 Å². The summed E-state index contributed by atoms with van der Waals surface area (Å²) in [6.45, 7) is 6.40. The van der Waals surface area contributed by atoms with Crippen molar-refractivity contribution >= 4 is 34.2 Å². The number of carboxylic acids is 1. The molecule has 0 bridgehead atoms. The first-order valence-corrected chi connectivity index (χ1v) is 8.80. The number of nitrogens with one attached hydrogen (secondary N) is 1. The number of esters is 1. The number of ether oxygens (including phenoxy) is 2. The van der Waals surface area contributed by atoms with E-state index in [0.717, 1.165) is 22.6 Å². The van der Waals surface area contributed by atoms with Gasteiger partial charge in [-0.25, -0.2) is 9.59 Å². The lowest BCUT2D eigenvalue weighted by atomic mass is 9.94. The van der Waals surface area contributed by atoms with Crippen molar-refractivity contribution in [3.05, 3.63) is 28.2 Å². The number of anilines is 1. The normalized spacial score (nSPS) is 16.7. The van der Waals surface area contributed by atoms with Crippen LogP contribution in [0.25, 0.3) is 0 Å². The fraction of sp³-hybridized carbons (Fsp3) is 0.471. The molecule has 0 saturated carbocycles. The summed E-state index contributed by atoms with van der Waals surface area (Å²) in [5.74, 6) is -2.05. The molecule has 0 saturated heterocycles. The van der Waals surface area contributed by atoms with E-state index in [-0.39, 0.29) is 12.7 Å². The molecule has 0 aliphatic carbocycles. The predicted molar refractivity (Wildman–Crippen MR) is 92.8 cm³/mol. The van der Waals surface area contributed by atoms with E-state index in [1.807, 2.05) is 13.8 Å². The van der Waals surface area contributed by atoms with Crippen LogP contribution in [0.15, 0.2) is 12.2 Å². The Morgan fingerprint density at radius 1 is 1.40 bits per heavy atom. The van der Waals surface area contributed by atoms with Crippen molar-refractivity contribution in [2.75, 3.05) is 11.9 Å². The van der Waals surface area contributed by atoms with Gasteiger partial charge in [0.2, 0.25) is 5.91 Å². The number of hydrogen-bond acceptors (Lipinski definition) is 6. The van der Waals surface area contributed by atoms with Crippen LogP contribution in [0.5, 0.6) is 0 Å². The molecule has 0 spiro atoms. The molecule has 1 aliphatic rings. The maximum absolute atomic E-state index is 12.4. The van der Waals surface area contributed by atoms with Crippen molar-refractivity contribution in [3.8, 4) is 0 Å². The van der Waals surface area contributed by atoms with Crippen molar-refractivity contribution < 1.29 is 29.0 Å². The van der Waals surface area contributed by atoms with Gasteiger partial charge in [0.25, 0.3) is 0 Å². The number of hydrogen-bond donors (Lipinski definition) is 2. The summed E-state index contributed by atoms with van der Waals surface area (Å²) in [5.41, 5.74) is 1.18. The molecule has 1 amide bonds. The molecular weight excluding hydrogens is 346 g/mol. The zero-order valence-corrected chi connectivity index (χ0v) is 15.1. The average molecular weight is 367 g/mol. The summed E-state index contributed by atoms with van der Waals surface area (Å²) in [7, 11) is 0. The predicted octanol–water partition coefficient (Wildman–Crippen LogP) is 2.60. The minimum atomic E-state index is -1.22. The first-order chi connectivity index (χ1) is 11.8. The molecule has 25 heavy (non-hydrogen) atoms. The van der Waals surface area contributed by atoms with Crippen LogP contribution in [0.3, 0.4) is 0 Å². The highest BCUT2D eigenvalue weighted by Crippen LogP contribution is 2.39. The second-order valence-electron chi connectivity index (χ2n) is 5.89. The summed E-state index contributed by atoms with van der Waals surface area (Å²) in [6.07, 6.45) is 2.21. The number of thiophene rings is 1. The van der Waals surface area contributed by atoms with E-state index >= 15 is 0 Å². The molecule has 1 aromatic heterocycles. The third-order valence-electron chi connectivity index (χ3n) is 3.76. The fourth-order valence-electron chi connectivity index (χ4n) is 2.52. The summed E-state index contributed by atoms with van der Waals surface area (Å²) in [5, 5.41) is 11.5. The van der Waals surface area contributed by atoms with Gasteiger partial charge in [-0.1, -0.05) is 13.8 Å². The molecule has 2 heterocycles.